The fourth-order valence-corrected chi connectivity index (χ4v) is 6.31. The number of nitrogens with zero attached hydrogens (tertiary/aromatic N) is 4. The number of aromatic nitrogens is 3. The van der Waals surface area contributed by atoms with Gasteiger partial charge in [-0.1, -0.05) is 24.3 Å². The van der Waals surface area contributed by atoms with Gasteiger partial charge in [-0.2, -0.15) is 0 Å². The first kappa shape index (κ1) is 24.7. The van der Waals surface area contributed by atoms with Gasteiger partial charge in [0, 0.05) is 49.3 Å². The second kappa shape index (κ2) is 10.2. The number of nitrogens with one attached hydrogen (secondary N) is 2. The van der Waals surface area contributed by atoms with E-state index in [1.54, 1.807) is 18.5 Å². The summed E-state index contributed by atoms with van der Waals surface area (Å²) in [5.41, 5.74) is 10.9. The fraction of sp³-hybridized carbons (Fsp3) is 0.333. The SMILES string of the molecule is N[C@@H]1CCN(c2cccc(CS(=O)(=O)Nc3ccc(-c4cc5c(N6CCOCC6)ncnc5[nH]4)cc3)c2)C1. The van der Waals surface area contributed by atoms with E-state index in [4.69, 9.17) is 10.5 Å². The summed E-state index contributed by atoms with van der Waals surface area (Å²) in [6, 6.07) is 17.2. The third kappa shape index (κ3) is 5.31. The van der Waals surface area contributed by atoms with Crippen molar-refractivity contribution in [1.82, 2.24) is 15.0 Å². The van der Waals surface area contributed by atoms with Crippen molar-refractivity contribution in [3.8, 4) is 11.3 Å². The summed E-state index contributed by atoms with van der Waals surface area (Å²) in [7, 11) is -3.59. The minimum absolute atomic E-state index is 0.104. The first-order valence-electron chi connectivity index (χ1n) is 12.8. The van der Waals surface area contributed by atoms with Crippen LogP contribution in [0.3, 0.4) is 0 Å². The van der Waals surface area contributed by atoms with Gasteiger partial charge in [0.15, 0.2) is 0 Å². The van der Waals surface area contributed by atoms with E-state index in [0.29, 0.717) is 18.9 Å². The molecule has 0 saturated carbocycles. The Morgan fingerprint density at radius 1 is 1.03 bits per heavy atom. The maximum atomic E-state index is 12.9. The zero-order valence-corrected chi connectivity index (χ0v) is 21.8. The first-order chi connectivity index (χ1) is 18.4. The van der Waals surface area contributed by atoms with E-state index in [-0.39, 0.29) is 11.8 Å². The van der Waals surface area contributed by atoms with E-state index in [1.165, 1.54) is 0 Å². The minimum Gasteiger partial charge on any atom is -0.378 e. The number of H-pyrrole nitrogens is 1. The molecule has 11 heteroatoms. The molecule has 2 aliphatic rings. The third-order valence-electron chi connectivity index (χ3n) is 7.04. The van der Waals surface area contributed by atoms with Crippen molar-refractivity contribution in [2.45, 2.75) is 18.2 Å². The van der Waals surface area contributed by atoms with Crippen LogP contribution in [0.4, 0.5) is 17.2 Å². The number of rotatable bonds is 7. The normalized spacial score (nSPS) is 18.3. The Kier molecular flexibility index (Phi) is 6.64. The number of aromatic amines is 1. The number of hydrogen-bond acceptors (Lipinski definition) is 8. The monoisotopic (exact) mass is 533 g/mol. The summed E-state index contributed by atoms with van der Waals surface area (Å²) >= 11 is 0. The molecule has 2 aromatic carbocycles. The summed E-state index contributed by atoms with van der Waals surface area (Å²) in [4.78, 5) is 16.7. The molecule has 38 heavy (non-hydrogen) atoms. The molecule has 0 amide bonds. The second-order valence-electron chi connectivity index (χ2n) is 9.85. The average molecular weight is 534 g/mol. The molecule has 2 saturated heterocycles. The Hall–Kier alpha value is -3.67. The number of anilines is 3. The van der Waals surface area contributed by atoms with Gasteiger partial charge in [-0.25, -0.2) is 18.4 Å². The van der Waals surface area contributed by atoms with Crippen LogP contribution in [0.2, 0.25) is 0 Å². The summed E-state index contributed by atoms with van der Waals surface area (Å²) < 4.78 is 34.0. The largest absolute Gasteiger partial charge is 0.378 e. The van der Waals surface area contributed by atoms with Gasteiger partial charge >= 0.3 is 0 Å². The lowest BCUT2D eigenvalue weighted by Crippen LogP contribution is -2.36. The molecule has 4 N–H and O–H groups in total. The zero-order chi connectivity index (χ0) is 26.1. The predicted molar refractivity (Wildman–Crippen MR) is 150 cm³/mol. The van der Waals surface area contributed by atoms with Crippen LogP contribution in [0, 0.1) is 0 Å². The summed E-state index contributed by atoms with van der Waals surface area (Å²) in [5.74, 6) is 0.787. The van der Waals surface area contributed by atoms with Gasteiger partial charge in [-0.3, -0.25) is 4.72 Å². The van der Waals surface area contributed by atoms with Crippen LogP contribution in [0.5, 0.6) is 0 Å². The van der Waals surface area contributed by atoms with Crippen molar-refractivity contribution < 1.29 is 13.2 Å². The van der Waals surface area contributed by atoms with Gasteiger partial charge in [0.1, 0.15) is 17.8 Å². The zero-order valence-electron chi connectivity index (χ0n) is 21.0. The maximum absolute atomic E-state index is 12.9. The van der Waals surface area contributed by atoms with E-state index in [1.807, 2.05) is 42.5 Å². The van der Waals surface area contributed by atoms with Crippen molar-refractivity contribution in [3.63, 3.8) is 0 Å². The second-order valence-corrected chi connectivity index (χ2v) is 11.6. The molecule has 10 nitrogen and oxygen atoms in total. The molecule has 0 bridgehead atoms. The topological polar surface area (TPSA) is 129 Å². The molecule has 6 rings (SSSR count). The highest BCUT2D eigenvalue weighted by atomic mass is 32.2. The van der Waals surface area contributed by atoms with Crippen LogP contribution in [-0.2, 0) is 20.5 Å². The van der Waals surface area contributed by atoms with E-state index >= 15 is 0 Å². The molecule has 2 aliphatic heterocycles. The fourth-order valence-electron chi connectivity index (χ4n) is 5.13. The molecule has 4 aromatic rings. The molecule has 198 valence electrons. The Balaban J connectivity index is 1.16. The molecule has 1 atom stereocenters. The molecule has 4 heterocycles. The Morgan fingerprint density at radius 2 is 1.84 bits per heavy atom. The number of nitrogens with two attached hydrogens (primary N) is 1. The standard InChI is InChI=1S/C27H31N7O3S/c28-21-8-9-34(16-21)23-3-1-2-19(14-23)17-38(35,36)32-22-6-4-20(5-7-22)25-15-24-26(31-25)29-18-30-27(24)33-10-12-37-13-11-33/h1-7,14-15,18,21,32H,8-13,16-17,28H2,(H,29,30,31)/t21-/m1/s1. The van der Waals surface area contributed by atoms with E-state index < -0.39 is 10.0 Å². The van der Waals surface area contributed by atoms with E-state index in [2.05, 4.69) is 29.5 Å². The van der Waals surface area contributed by atoms with Crippen LogP contribution in [0.15, 0.2) is 60.9 Å². The molecule has 0 aliphatic carbocycles. The number of hydrogen-bond donors (Lipinski definition) is 3. The number of benzene rings is 2. The van der Waals surface area contributed by atoms with Crippen LogP contribution >= 0.6 is 0 Å². The Morgan fingerprint density at radius 3 is 2.61 bits per heavy atom. The van der Waals surface area contributed by atoms with Gasteiger partial charge in [0.05, 0.1) is 24.4 Å². The van der Waals surface area contributed by atoms with Crippen LogP contribution in [0.25, 0.3) is 22.3 Å². The predicted octanol–water partition coefficient (Wildman–Crippen LogP) is 2.94. The van der Waals surface area contributed by atoms with Crippen LogP contribution in [0.1, 0.15) is 12.0 Å². The van der Waals surface area contributed by atoms with Crippen molar-refractivity contribution in [2.75, 3.05) is 53.9 Å². The van der Waals surface area contributed by atoms with Crippen LogP contribution < -0.4 is 20.3 Å². The van der Waals surface area contributed by atoms with Crippen molar-refractivity contribution in [3.05, 3.63) is 66.5 Å². The lowest BCUT2D eigenvalue weighted by atomic mass is 10.1. The van der Waals surface area contributed by atoms with E-state index in [0.717, 1.165) is 72.0 Å². The van der Waals surface area contributed by atoms with Crippen LogP contribution in [-0.4, -0.2) is 68.8 Å². The van der Waals surface area contributed by atoms with Crippen molar-refractivity contribution >= 4 is 38.2 Å². The van der Waals surface area contributed by atoms with Crippen molar-refractivity contribution in [1.29, 1.82) is 0 Å². The highest BCUT2D eigenvalue weighted by molar-refractivity contribution is 7.91. The highest BCUT2D eigenvalue weighted by Gasteiger charge is 2.21. The van der Waals surface area contributed by atoms with E-state index in [9.17, 15) is 8.42 Å². The molecule has 2 fully saturated rings. The number of ether oxygens (including phenoxy) is 1. The Bertz CT molecular complexity index is 1530. The number of fused-ring (bicyclic) bond motifs is 1. The molecule has 0 spiro atoms. The molecular weight excluding hydrogens is 502 g/mol. The van der Waals surface area contributed by atoms with Gasteiger partial charge < -0.3 is 25.3 Å². The van der Waals surface area contributed by atoms with Gasteiger partial charge in [-0.15, -0.1) is 0 Å². The van der Waals surface area contributed by atoms with Crippen molar-refractivity contribution in [2.24, 2.45) is 5.73 Å². The smallest absolute Gasteiger partial charge is 0.236 e. The quantitative estimate of drug-likeness (QED) is 0.331. The van der Waals surface area contributed by atoms with Gasteiger partial charge in [0.2, 0.25) is 10.0 Å². The summed E-state index contributed by atoms with van der Waals surface area (Å²) in [6.45, 7) is 4.62. The van der Waals surface area contributed by atoms with Gasteiger partial charge in [-0.05, 0) is 47.9 Å². The molecule has 0 unspecified atom stereocenters. The lowest BCUT2D eigenvalue weighted by molar-refractivity contribution is 0.122. The molecule has 2 aromatic heterocycles. The maximum Gasteiger partial charge on any atom is 0.236 e. The molecular formula is C27H31N7O3S. The summed E-state index contributed by atoms with van der Waals surface area (Å²) in [6.07, 6.45) is 2.52. The molecule has 0 radical (unpaired) electrons. The first-order valence-corrected chi connectivity index (χ1v) is 14.5. The highest BCUT2D eigenvalue weighted by Crippen LogP contribution is 2.30. The number of sulfonamides is 1. The third-order valence-corrected chi connectivity index (χ3v) is 8.30. The number of morpholine rings is 1. The van der Waals surface area contributed by atoms with Gasteiger partial charge in [0.25, 0.3) is 0 Å². The minimum atomic E-state index is -3.59. The lowest BCUT2D eigenvalue weighted by Gasteiger charge is -2.27. The Labute approximate surface area is 221 Å². The average Bonchev–Trinajstić information content (AvgIpc) is 3.56. The summed E-state index contributed by atoms with van der Waals surface area (Å²) in [5, 5.41) is 0.951.